The van der Waals surface area contributed by atoms with Gasteiger partial charge in [0.15, 0.2) is 0 Å². The summed E-state index contributed by atoms with van der Waals surface area (Å²) in [5, 5.41) is 9.54. The second-order valence-corrected chi connectivity index (χ2v) is 6.73. The quantitative estimate of drug-likeness (QED) is 0.893. The van der Waals surface area contributed by atoms with Gasteiger partial charge < -0.3 is 5.11 Å². The fourth-order valence-electron chi connectivity index (χ4n) is 2.83. The third-order valence-electron chi connectivity index (χ3n) is 3.70. The standard InChI is InChI=1S/C15H20O2S/c1-10-8-11(2)13(12(3)9-10)18-15(14(16)17)6-4-5-7-15/h8-9H,4-7H2,1-3H3,(H,16,17). The number of benzene rings is 1. The van der Waals surface area contributed by atoms with Crippen LogP contribution in [0.2, 0.25) is 0 Å². The van der Waals surface area contributed by atoms with Crippen LogP contribution >= 0.6 is 11.8 Å². The van der Waals surface area contributed by atoms with Crippen molar-refractivity contribution in [3.63, 3.8) is 0 Å². The molecular weight excluding hydrogens is 244 g/mol. The van der Waals surface area contributed by atoms with Crippen molar-refractivity contribution in [1.82, 2.24) is 0 Å². The van der Waals surface area contributed by atoms with Gasteiger partial charge in [0.25, 0.3) is 0 Å². The maximum atomic E-state index is 11.6. The van der Waals surface area contributed by atoms with E-state index in [0.717, 1.165) is 30.6 Å². The molecule has 0 bridgehead atoms. The number of aryl methyl sites for hydroxylation is 3. The summed E-state index contributed by atoms with van der Waals surface area (Å²) in [6.45, 7) is 6.23. The molecule has 18 heavy (non-hydrogen) atoms. The predicted octanol–water partition coefficient (Wildman–Crippen LogP) is 4.10. The highest BCUT2D eigenvalue weighted by Crippen LogP contribution is 2.47. The van der Waals surface area contributed by atoms with Gasteiger partial charge in [-0.05, 0) is 44.7 Å². The lowest BCUT2D eigenvalue weighted by Crippen LogP contribution is -2.31. The molecule has 0 heterocycles. The minimum atomic E-state index is -0.649. The summed E-state index contributed by atoms with van der Waals surface area (Å²) in [5.41, 5.74) is 3.64. The van der Waals surface area contributed by atoms with E-state index >= 15 is 0 Å². The highest BCUT2D eigenvalue weighted by Gasteiger charge is 2.42. The van der Waals surface area contributed by atoms with Crippen LogP contribution in [0.15, 0.2) is 17.0 Å². The zero-order valence-corrected chi connectivity index (χ0v) is 12.1. The highest BCUT2D eigenvalue weighted by atomic mass is 32.2. The van der Waals surface area contributed by atoms with E-state index in [0.29, 0.717) is 0 Å². The maximum absolute atomic E-state index is 11.6. The summed E-state index contributed by atoms with van der Waals surface area (Å²) < 4.78 is -0.592. The first-order valence-electron chi connectivity index (χ1n) is 6.45. The molecule has 0 aliphatic heterocycles. The van der Waals surface area contributed by atoms with Gasteiger partial charge in [-0.3, -0.25) is 4.79 Å². The number of thioether (sulfide) groups is 1. The maximum Gasteiger partial charge on any atom is 0.320 e. The summed E-state index contributed by atoms with van der Waals surface area (Å²) in [7, 11) is 0. The van der Waals surface area contributed by atoms with Gasteiger partial charge >= 0.3 is 5.97 Å². The molecule has 1 fully saturated rings. The van der Waals surface area contributed by atoms with Crippen LogP contribution in [0.4, 0.5) is 0 Å². The molecule has 0 unspecified atom stereocenters. The monoisotopic (exact) mass is 264 g/mol. The van der Waals surface area contributed by atoms with E-state index in [-0.39, 0.29) is 0 Å². The Morgan fingerprint density at radius 2 is 1.67 bits per heavy atom. The van der Waals surface area contributed by atoms with Crippen molar-refractivity contribution in [3.05, 3.63) is 28.8 Å². The third-order valence-corrected chi connectivity index (χ3v) is 5.52. The van der Waals surface area contributed by atoms with Gasteiger partial charge in [-0.25, -0.2) is 0 Å². The average Bonchev–Trinajstić information content (AvgIpc) is 2.73. The van der Waals surface area contributed by atoms with Crippen LogP contribution in [0.5, 0.6) is 0 Å². The first-order chi connectivity index (χ1) is 8.44. The molecule has 3 heteroatoms. The molecule has 1 aromatic rings. The van der Waals surface area contributed by atoms with Crippen LogP contribution in [0.25, 0.3) is 0 Å². The molecule has 1 aromatic carbocycles. The summed E-state index contributed by atoms with van der Waals surface area (Å²) in [4.78, 5) is 12.8. The van der Waals surface area contributed by atoms with Gasteiger partial charge in [0.1, 0.15) is 4.75 Å². The van der Waals surface area contributed by atoms with E-state index in [2.05, 4.69) is 32.9 Å². The lowest BCUT2D eigenvalue weighted by Gasteiger charge is -2.25. The van der Waals surface area contributed by atoms with Crippen molar-refractivity contribution in [2.45, 2.75) is 56.1 Å². The molecule has 1 aliphatic rings. The minimum absolute atomic E-state index is 0.592. The van der Waals surface area contributed by atoms with Gasteiger partial charge in [-0.2, -0.15) is 0 Å². The Morgan fingerprint density at radius 3 is 2.11 bits per heavy atom. The number of aliphatic carboxylic acids is 1. The molecule has 1 N–H and O–H groups in total. The van der Waals surface area contributed by atoms with Gasteiger partial charge in [0.2, 0.25) is 0 Å². The van der Waals surface area contributed by atoms with Crippen molar-refractivity contribution >= 4 is 17.7 Å². The third kappa shape index (κ3) is 2.41. The fraction of sp³-hybridized carbons (Fsp3) is 0.533. The van der Waals surface area contributed by atoms with Crippen molar-refractivity contribution in [3.8, 4) is 0 Å². The molecule has 1 saturated carbocycles. The van der Waals surface area contributed by atoms with Gasteiger partial charge in [0, 0.05) is 4.90 Å². The number of carbonyl (C=O) groups is 1. The molecule has 0 aromatic heterocycles. The molecule has 2 rings (SSSR count). The van der Waals surface area contributed by atoms with Crippen molar-refractivity contribution < 1.29 is 9.90 Å². The SMILES string of the molecule is Cc1cc(C)c(SC2(C(=O)O)CCCC2)c(C)c1. The Morgan fingerprint density at radius 1 is 1.17 bits per heavy atom. The van der Waals surface area contributed by atoms with Gasteiger partial charge in [0.05, 0.1) is 0 Å². The summed E-state index contributed by atoms with van der Waals surface area (Å²) in [6.07, 6.45) is 3.64. The fourth-order valence-corrected chi connectivity index (χ4v) is 4.24. The van der Waals surface area contributed by atoms with Crippen molar-refractivity contribution in [2.75, 3.05) is 0 Å². The first-order valence-corrected chi connectivity index (χ1v) is 7.26. The highest BCUT2D eigenvalue weighted by molar-refractivity contribution is 8.01. The number of hydrogen-bond acceptors (Lipinski definition) is 2. The Hall–Kier alpha value is -0.960. The minimum Gasteiger partial charge on any atom is -0.480 e. The molecule has 0 spiro atoms. The van der Waals surface area contributed by atoms with Crippen molar-refractivity contribution in [2.24, 2.45) is 0 Å². The zero-order valence-electron chi connectivity index (χ0n) is 11.2. The summed E-state index contributed by atoms with van der Waals surface area (Å²) in [6, 6.07) is 4.28. The largest absolute Gasteiger partial charge is 0.480 e. The number of rotatable bonds is 3. The van der Waals surface area contributed by atoms with Crippen LogP contribution in [0.1, 0.15) is 42.4 Å². The van der Waals surface area contributed by atoms with Crippen LogP contribution in [0.3, 0.4) is 0 Å². The first kappa shape index (κ1) is 13.5. The van der Waals surface area contributed by atoms with E-state index in [1.54, 1.807) is 11.8 Å². The Bertz CT molecular complexity index is 450. The van der Waals surface area contributed by atoms with E-state index in [4.69, 9.17) is 0 Å². The van der Waals surface area contributed by atoms with E-state index in [9.17, 15) is 9.90 Å². The molecule has 2 nitrogen and oxygen atoms in total. The lowest BCUT2D eigenvalue weighted by molar-refractivity contribution is -0.139. The molecule has 0 atom stereocenters. The van der Waals surface area contributed by atoms with Crippen LogP contribution < -0.4 is 0 Å². The Balaban J connectivity index is 2.36. The zero-order chi connectivity index (χ0) is 13.3. The number of carboxylic acid groups (broad SMARTS) is 1. The predicted molar refractivity (Wildman–Crippen MR) is 75.3 cm³/mol. The Labute approximate surface area is 113 Å². The average molecular weight is 264 g/mol. The molecule has 1 aliphatic carbocycles. The second kappa shape index (κ2) is 4.96. The molecule has 0 saturated heterocycles. The second-order valence-electron chi connectivity index (χ2n) is 5.34. The van der Waals surface area contributed by atoms with Crippen LogP contribution in [-0.2, 0) is 4.79 Å². The van der Waals surface area contributed by atoms with E-state index in [1.807, 2.05) is 0 Å². The number of hydrogen-bond donors (Lipinski definition) is 1. The normalized spacial score (nSPS) is 17.9. The van der Waals surface area contributed by atoms with Crippen LogP contribution in [0, 0.1) is 20.8 Å². The lowest BCUT2D eigenvalue weighted by atomic mass is 10.1. The topological polar surface area (TPSA) is 37.3 Å². The van der Waals surface area contributed by atoms with Gasteiger partial charge in [-0.15, -0.1) is 11.8 Å². The molecule has 98 valence electrons. The van der Waals surface area contributed by atoms with E-state index in [1.165, 1.54) is 16.7 Å². The van der Waals surface area contributed by atoms with Crippen LogP contribution in [-0.4, -0.2) is 15.8 Å². The molecule has 0 radical (unpaired) electrons. The van der Waals surface area contributed by atoms with E-state index < -0.39 is 10.7 Å². The Kier molecular flexibility index (Phi) is 3.71. The summed E-state index contributed by atoms with van der Waals surface area (Å²) in [5.74, 6) is -0.649. The number of carboxylic acids is 1. The summed E-state index contributed by atoms with van der Waals surface area (Å²) >= 11 is 1.57. The van der Waals surface area contributed by atoms with Gasteiger partial charge in [-0.1, -0.05) is 30.5 Å². The molecular formula is C15H20O2S. The smallest absolute Gasteiger partial charge is 0.320 e. The van der Waals surface area contributed by atoms with Crippen molar-refractivity contribution in [1.29, 1.82) is 0 Å². The molecule has 0 amide bonds.